The summed E-state index contributed by atoms with van der Waals surface area (Å²) in [6.07, 6.45) is 0. The number of furan rings is 1. The molecule has 6 nitrogen and oxygen atoms in total. The summed E-state index contributed by atoms with van der Waals surface area (Å²) >= 11 is 0. The molecule has 2 aromatic carbocycles. The Hall–Kier alpha value is -3.72. The number of carbonyl (C=O) groups excluding carboxylic acids is 2. The lowest BCUT2D eigenvalue weighted by molar-refractivity contribution is -0.114. The molecule has 0 radical (unpaired) electrons. The number of anilines is 1. The SMILES string of the molecule is CC(=O)Nc1cccc(OCC#CCNC(=O)c2cc3ccccc3o2)c1. The summed E-state index contributed by atoms with van der Waals surface area (Å²) in [7, 11) is 0. The molecule has 3 aromatic rings. The Bertz CT molecular complexity index is 994. The summed E-state index contributed by atoms with van der Waals surface area (Å²) in [5.74, 6) is 6.03. The van der Waals surface area contributed by atoms with Crippen LogP contribution in [0, 0.1) is 11.8 Å². The highest BCUT2D eigenvalue weighted by molar-refractivity contribution is 5.96. The number of hydrogen-bond acceptors (Lipinski definition) is 4. The van der Waals surface area contributed by atoms with Crippen LogP contribution in [-0.2, 0) is 4.79 Å². The van der Waals surface area contributed by atoms with Crippen molar-refractivity contribution in [2.24, 2.45) is 0 Å². The average Bonchev–Trinajstić information content (AvgIpc) is 3.08. The summed E-state index contributed by atoms with van der Waals surface area (Å²) in [5.41, 5.74) is 1.33. The Balaban J connectivity index is 1.45. The molecule has 0 aliphatic rings. The van der Waals surface area contributed by atoms with E-state index in [2.05, 4.69) is 22.5 Å². The average molecular weight is 362 g/mol. The Morgan fingerprint density at radius 1 is 1.07 bits per heavy atom. The van der Waals surface area contributed by atoms with Crippen molar-refractivity contribution in [3.8, 4) is 17.6 Å². The largest absolute Gasteiger partial charge is 0.481 e. The van der Waals surface area contributed by atoms with Crippen molar-refractivity contribution in [2.75, 3.05) is 18.5 Å². The highest BCUT2D eigenvalue weighted by atomic mass is 16.5. The second-order valence-corrected chi connectivity index (χ2v) is 5.68. The van der Waals surface area contributed by atoms with E-state index in [4.69, 9.17) is 9.15 Å². The van der Waals surface area contributed by atoms with Gasteiger partial charge in [-0.2, -0.15) is 0 Å². The van der Waals surface area contributed by atoms with E-state index in [1.165, 1.54) is 6.92 Å². The molecule has 136 valence electrons. The van der Waals surface area contributed by atoms with Crippen LogP contribution < -0.4 is 15.4 Å². The topological polar surface area (TPSA) is 80.6 Å². The van der Waals surface area contributed by atoms with E-state index in [9.17, 15) is 9.59 Å². The Kier molecular flexibility index (Phi) is 5.75. The molecule has 0 saturated carbocycles. The molecule has 0 bridgehead atoms. The summed E-state index contributed by atoms with van der Waals surface area (Å²) in [6.45, 7) is 1.80. The summed E-state index contributed by atoms with van der Waals surface area (Å²) in [5, 5.41) is 6.24. The standard InChI is InChI=1S/C21H18N2O4/c1-15(24)23-17-8-6-9-18(14-17)26-12-5-4-11-22-21(25)20-13-16-7-2-3-10-19(16)27-20/h2-3,6-10,13-14H,11-12H2,1H3,(H,22,25)(H,23,24). The first-order valence-electron chi connectivity index (χ1n) is 8.35. The molecule has 0 saturated heterocycles. The van der Waals surface area contributed by atoms with Crippen molar-refractivity contribution < 1.29 is 18.7 Å². The summed E-state index contributed by atoms with van der Waals surface area (Å²) in [6, 6.07) is 16.2. The van der Waals surface area contributed by atoms with Gasteiger partial charge < -0.3 is 19.8 Å². The number of carbonyl (C=O) groups is 2. The van der Waals surface area contributed by atoms with Crippen molar-refractivity contribution in [2.45, 2.75) is 6.92 Å². The molecule has 0 spiro atoms. The normalized spacial score (nSPS) is 9.96. The molecule has 0 atom stereocenters. The van der Waals surface area contributed by atoms with E-state index in [1.807, 2.05) is 24.3 Å². The van der Waals surface area contributed by atoms with E-state index < -0.39 is 0 Å². The van der Waals surface area contributed by atoms with Gasteiger partial charge in [0.25, 0.3) is 5.91 Å². The Morgan fingerprint density at radius 2 is 1.93 bits per heavy atom. The quantitative estimate of drug-likeness (QED) is 0.683. The molecule has 0 fully saturated rings. The van der Waals surface area contributed by atoms with E-state index in [0.29, 0.717) is 17.0 Å². The number of nitrogens with one attached hydrogen (secondary N) is 2. The third-order valence-corrected chi connectivity index (χ3v) is 3.58. The second kappa shape index (κ2) is 8.59. The Labute approximate surface area is 156 Å². The number of para-hydroxylation sites is 1. The zero-order chi connectivity index (χ0) is 19.1. The van der Waals surface area contributed by atoms with Gasteiger partial charge >= 0.3 is 0 Å². The molecule has 3 rings (SSSR count). The van der Waals surface area contributed by atoms with Gasteiger partial charge in [-0.05, 0) is 24.3 Å². The molecule has 0 unspecified atom stereocenters. The number of benzene rings is 2. The molecular formula is C21H18N2O4. The number of ether oxygens (including phenoxy) is 1. The van der Waals surface area contributed by atoms with E-state index in [-0.39, 0.29) is 30.7 Å². The zero-order valence-electron chi connectivity index (χ0n) is 14.7. The van der Waals surface area contributed by atoms with Gasteiger partial charge in [-0.1, -0.05) is 36.1 Å². The maximum atomic E-state index is 12.1. The third-order valence-electron chi connectivity index (χ3n) is 3.58. The van der Waals surface area contributed by atoms with Gasteiger partial charge in [0.1, 0.15) is 17.9 Å². The molecule has 6 heteroatoms. The first kappa shape index (κ1) is 18.1. The smallest absolute Gasteiger partial charge is 0.287 e. The van der Waals surface area contributed by atoms with Gasteiger partial charge in [-0.15, -0.1) is 0 Å². The van der Waals surface area contributed by atoms with Gasteiger partial charge in [0, 0.05) is 24.1 Å². The fraction of sp³-hybridized carbons (Fsp3) is 0.143. The van der Waals surface area contributed by atoms with Crippen LogP contribution in [0.4, 0.5) is 5.69 Å². The highest BCUT2D eigenvalue weighted by Crippen LogP contribution is 2.18. The number of hydrogen-bond donors (Lipinski definition) is 2. The van der Waals surface area contributed by atoms with Gasteiger partial charge in [-0.3, -0.25) is 9.59 Å². The number of amides is 2. The number of rotatable bonds is 5. The molecule has 27 heavy (non-hydrogen) atoms. The van der Waals surface area contributed by atoms with Crippen LogP contribution in [0.5, 0.6) is 5.75 Å². The van der Waals surface area contributed by atoms with Crippen molar-refractivity contribution in [1.29, 1.82) is 0 Å². The molecule has 0 aliphatic carbocycles. The van der Waals surface area contributed by atoms with Crippen LogP contribution in [-0.4, -0.2) is 25.0 Å². The van der Waals surface area contributed by atoms with Crippen LogP contribution in [0.1, 0.15) is 17.5 Å². The van der Waals surface area contributed by atoms with E-state index in [1.54, 1.807) is 30.3 Å². The summed E-state index contributed by atoms with van der Waals surface area (Å²) in [4.78, 5) is 23.1. The lowest BCUT2D eigenvalue weighted by Gasteiger charge is -2.05. The minimum atomic E-state index is -0.315. The summed E-state index contributed by atoms with van der Waals surface area (Å²) < 4.78 is 11.0. The van der Waals surface area contributed by atoms with Crippen LogP contribution >= 0.6 is 0 Å². The van der Waals surface area contributed by atoms with Crippen molar-refractivity contribution >= 4 is 28.5 Å². The van der Waals surface area contributed by atoms with Crippen LogP contribution in [0.3, 0.4) is 0 Å². The second-order valence-electron chi connectivity index (χ2n) is 5.68. The van der Waals surface area contributed by atoms with Crippen LogP contribution in [0.15, 0.2) is 59.0 Å². The van der Waals surface area contributed by atoms with Crippen molar-refractivity contribution in [3.63, 3.8) is 0 Å². The lowest BCUT2D eigenvalue weighted by atomic mass is 10.2. The molecule has 1 aromatic heterocycles. The minimum Gasteiger partial charge on any atom is -0.481 e. The van der Waals surface area contributed by atoms with Crippen LogP contribution in [0.2, 0.25) is 0 Å². The number of fused-ring (bicyclic) bond motifs is 1. The van der Waals surface area contributed by atoms with E-state index >= 15 is 0 Å². The Morgan fingerprint density at radius 3 is 2.74 bits per heavy atom. The maximum Gasteiger partial charge on any atom is 0.287 e. The fourth-order valence-electron chi connectivity index (χ4n) is 2.41. The maximum absolute atomic E-state index is 12.1. The van der Waals surface area contributed by atoms with Gasteiger partial charge in [-0.25, -0.2) is 0 Å². The predicted octanol–water partition coefficient (Wildman–Crippen LogP) is 3.20. The molecule has 2 amide bonds. The lowest BCUT2D eigenvalue weighted by Crippen LogP contribution is -2.23. The van der Waals surface area contributed by atoms with Crippen molar-refractivity contribution in [3.05, 3.63) is 60.4 Å². The first-order chi connectivity index (χ1) is 13.1. The first-order valence-corrected chi connectivity index (χ1v) is 8.35. The third kappa shape index (κ3) is 5.13. The fourth-order valence-corrected chi connectivity index (χ4v) is 2.41. The van der Waals surface area contributed by atoms with Crippen molar-refractivity contribution in [1.82, 2.24) is 5.32 Å². The van der Waals surface area contributed by atoms with Gasteiger partial charge in [0.2, 0.25) is 5.91 Å². The monoisotopic (exact) mass is 362 g/mol. The minimum absolute atomic E-state index is 0.146. The van der Waals surface area contributed by atoms with Crippen LogP contribution in [0.25, 0.3) is 11.0 Å². The molecule has 2 N–H and O–H groups in total. The zero-order valence-corrected chi connectivity index (χ0v) is 14.7. The highest BCUT2D eigenvalue weighted by Gasteiger charge is 2.10. The molecular weight excluding hydrogens is 344 g/mol. The molecule has 0 aliphatic heterocycles. The van der Waals surface area contributed by atoms with Gasteiger partial charge in [0.05, 0.1) is 6.54 Å². The molecule has 1 heterocycles. The van der Waals surface area contributed by atoms with Gasteiger partial charge in [0.15, 0.2) is 5.76 Å². The predicted molar refractivity (Wildman–Crippen MR) is 103 cm³/mol. The van der Waals surface area contributed by atoms with E-state index in [0.717, 1.165) is 5.39 Å².